The Bertz CT molecular complexity index is 869. The molecule has 1 heterocycles. The molecule has 6 heteroatoms. The fourth-order valence-corrected chi connectivity index (χ4v) is 2.59. The summed E-state index contributed by atoms with van der Waals surface area (Å²) < 4.78 is 1.82. The molecule has 0 saturated carbocycles. The quantitative estimate of drug-likeness (QED) is 0.435. The number of nitrogens with one attached hydrogen (secondary N) is 1. The first-order chi connectivity index (χ1) is 11.2. The van der Waals surface area contributed by atoms with Gasteiger partial charge in [0.05, 0.1) is 6.21 Å². The summed E-state index contributed by atoms with van der Waals surface area (Å²) in [5.74, 6) is -0.152. The lowest BCUT2D eigenvalue weighted by atomic mass is 10.2. The van der Waals surface area contributed by atoms with Gasteiger partial charge in [-0.3, -0.25) is 4.79 Å². The van der Waals surface area contributed by atoms with Gasteiger partial charge >= 0.3 is 0 Å². The maximum atomic E-state index is 12.2. The van der Waals surface area contributed by atoms with Gasteiger partial charge in [-0.15, -0.1) is 0 Å². The van der Waals surface area contributed by atoms with Gasteiger partial charge in [-0.1, -0.05) is 35.0 Å². The van der Waals surface area contributed by atoms with Crippen molar-refractivity contribution in [1.82, 2.24) is 4.57 Å². The Balaban J connectivity index is 1.83. The maximum absolute atomic E-state index is 12.2. The number of para-hydroxylation sites is 1. The summed E-state index contributed by atoms with van der Waals surface area (Å²) in [5.41, 5.74) is 2.34. The molecular weight excluding hydrogens is 314 g/mol. The van der Waals surface area contributed by atoms with Crippen molar-refractivity contribution in [3.8, 4) is 0 Å². The van der Waals surface area contributed by atoms with Crippen LogP contribution in [0, 0.1) is 0 Å². The minimum atomic E-state index is -0.152. The predicted octanol–water partition coefficient (Wildman–Crippen LogP) is 3.74. The molecular formula is C17H14ClN3O2. The minimum absolute atomic E-state index is 0.152. The average molecular weight is 328 g/mol. The fraction of sp³-hybridized carbons (Fsp3) is 0.0588. The number of fused-ring (bicyclic) bond motifs is 1. The second-order valence-corrected chi connectivity index (χ2v) is 5.47. The van der Waals surface area contributed by atoms with Crippen LogP contribution in [0.3, 0.4) is 0 Å². The number of nitrogens with zero attached hydrogens (tertiary/aromatic N) is 2. The molecule has 0 saturated heterocycles. The van der Waals surface area contributed by atoms with Crippen molar-refractivity contribution in [2.24, 2.45) is 5.16 Å². The Hall–Kier alpha value is -2.79. The van der Waals surface area contributed by atoms with E-state index in [1.54, 1.807) is 30.5 Å². The fourth-order valence-electron chi connectivity index (χ4n) is 2.46. The monoisotopic (exact) mass is 327 g/mol. The van der Waals surface area contributed by atoms with E-state index in [4.69, 9.17) is 16.8 Å². The molecule has 0 aliphatic rings. The van der Waals surface area contributed by atoms with Crippen LogP contribution >= 0.6 is 11.6 Å². The molecule has 1 aromatic heterocycles. The number of benzene rings is 2. The van der Waals surface area contributed by atoms with Gasteiger partial charge < -0.3 is 15.1 Å². The van der Waals surface area contributed by atoms with Gasteiger partial charge in [-0.2, -0.15) is 0 Å². The number of hydrogen-bond acceptors (Lipinski definition) is 3. The number of halogens is 1. The van der Waals surface area contributed by atoms with E-state index >= 15 is 0 Å². The average Bonchev–Trinajstić information content (AvgIpc) is 2.88. The number of amides is 1. The van der Waals surface area contributed by atoms with E-state index < -0.39 is 0 Å². The lowest BCUT2D eigenvalue weighted by Crippen LogP contribution is -2.18. The number of oxime groups is 1. The molecule has 0 fully saturated rings. The number of carbonyl (C=O) groups excluding carboxylic acids is 1. The minimum Gasteiger partial charge on any atom is -0.411 e. The van der Waals surface area contributed by atoms with Crippen molar-refractivity contribution in [3.63, 3.8) is 0 Å². The number of aromatic nitrogens is 1. The molecule has 0 spiro atoms. The number of carbonyl (C=O) groups is 1. The molecule has 0 aliphatic heterocycles. The van der Waals surface area contributed by atoms with E-state index in [-0.39, 0.29) is 12.5 Å². The summed E-state index contributed by atoms with van der Waals surface area (Å²) in [6.45, 7) is 0.155. The highest BCUT2D eigenvalue weighted by Crippen LogP contribution is 2.20. The molecule has 1 amide bonds. The molecule has 0 bridgehead atoms. The third kappa shape index (κ3) is 3.35. The van der Waals surface area contributed by atoms with E-state index in [0.717, 1.165) is 16.5 Å². The van der Waals surface area contributed by atoms with Gasteiger partial charge in [0.2, 0.25) is 5.91 Å². The van der Waals surface area contributed by atoms with Crippen LogP contribution in [-0.2, 0) is 11.3 Å². The Morgan fingerprint density at radius 2 is 1.96 bits per heavy atom. The molecule has 2 aromatic carbocycles. The van der Waals surface area contributed by atoms with Crippen LogP contribution in [0.2, 0.25) is 5.02 Å². The molecule has 0 atom stereocenters. The first-order valence-corrected chi connectivity index (χ1v) is 7.36. The standard InChI is InChI=1S/C17H14ClN3O2/c18-13-5-7-14(8-6-13)20-17(22)11-21-10-12(9-19-23)15-3-1-2-4-16(15)21/h1-10,23H,11H2,(H,20,22). The van der Waals surface area contributed by atoms with E-state index in [1.807, 2.05) is 28.8 Å². The third-order valence-electron chi connectivity index (χ3n) is 3.46. The maximum Gasteiger partial charge on any atom is 0.244 e. The second kappa shape index (κ2) is 6.54. The number of hydrogen-bond donors (Lipinski definition) is 2. The molecule has 0 aliphatic carbocycles. The van der Waals surface area contributed by atoms with Gasteiger partial charge in [-0.05, 0) is 30.3 Å². The molecule has 3 rings (SSSR count). The van der Waals surface area contributed by atoms with Gasteiger partial charge in [-0.25, -0.2) is 0 Å². The van der Waals surface area contributed by atoms with Gasteiger partial charge in [0.25, 0.3) is 0 Å². The summed E-state index contributed by atoms with van der Waals surface area (Å²) in [4.78, 5) is 12.2. The molecule has 2 N–H and O–H groups in total. The zero-order chi connectivity index (χ0) is 16.2. The second-order valence-electron chi connectivity index (χ2n) is 5.03. The van der Waals surface area contributed by atoms with E-state index in [2.05, 4.69) is 10.5 Å². The van der Waals surface area contributed by atoms with Gasteiger partial charge in [0.1, 0.15) is 6.54 Å². The molecule has 23 heavy (non-hydrogen) atoms. The van der Waals surface area contributed by atoms with Crippen LogP contribution in [-0.4, -0.2) is 21.9 Å². The van der Waals surface area contributed by atoms with Crippen molar-refractivity contribution in [1.29, 1.82) is 0 Å². The van der Waals surface area contributed by atoms with Crippen molar-refractivity contribution >= 4 is 40.3 Å². The van der Waals surface area contributed by atoms with Crippen LogP contribution in [0.4, 0.5) is 5.69 Å². The summed E-state index contributed by atoms with van der Waals surface area (Å²) >= 11 is 5.83. The molecule has 5 nitrogen and oxygen atoms in total. The summed E-state index contributed by atoms with van der Waals surface area (Å²) in [6, 6.07) is 14.6. The van der Waals surface area contributed by atoms with Crippen LogP contribution in [0.5, 0.6) is 0 Å². The van der Waals surface area contributed by atoms with Crippen molar-refractivity contribution in [2.45, 2.75) is 6.54 Å². The highest BCUT2D eigenvalue weighted by atomic mass is 35.5. The molecule has 116 valence electrons. The highest BCUT2D eigenvalue weighted by Gasteiger charge is 2.10. The number of anilines is 1. The lowest BCUT2D eigenvalue weighted by Gasteiger charge is -2.07. The summed E-state index contributed by atoms with van der Waals surface area (Å²) in [7, 11) is 0. The van der Waals surface area contributed by atoms with Gasteiger partial charge in [0, 0.05) is 33.4 Å². The Morgan fingerprint density at radius 1 is 1.22 bits per heavy atom. The van der Waals surface area contributed by atoms with E-state index in [0.29, 0.717) is 10.7 Å². The van der Waals surface area contributed by atoms with Crippen LogP contribution in [0.1, 0.15) is 5.56 Å². The Kier molecular flexibility index (Phi) is 4.30. The zero-order valence-corrected chi connectivity index (χ0v) is 12.9. The highest BCUT2D eigenvalue weighted by molar-refractivity contribution is 6.30. The Labute approximate surface area is 137 Å². The van der Waals surface area contributed by atoms with Crippen molar-refractivity contribution < 1.29 is 10.0 Å². The normalized spacial score (nSPS) is 11.2. The first-order valence-electron chi connectivity index (χ1n) is 6.98. The molecule has 3 aromatic rings. The zero-order valence-electron chi connectivity index (χ0n) is 12.1. The smallest absolute Gasteiger partial charge is 0.244 e. The van der Waals surface area contributed by atoms with Crippen LogP contribution in [0.15, 0.2) is 59.9 Å². The van der Waals surface area contributed by atoms with Crippen molar-refractivity contribution in [2.75, 3.05) is 5.32 Å². The number of rotatable bonds is 4. The van der Waals surface area contributed by atoms with E-state index in [1.165, 1.54) is 6.21 Å². The van der Waals surface area contributed by atoms with Crippen LogP contribution < -0.4 is 5.32 Å². The van der Waals surface area contributed by atoms with Crippen LogP contribution in [0.25, 0.3) is 10.9 Å². The predicted molar refractivity (Wildman–Crippen MR) is 91.4 cm³/mol. The lowest BCUT2D eigenvalue weighted by molar-refractivity contribution is -0.116. The SMILES string of the molecule is O=C(Cn1cc(C=NO)c2ccccc21)Nc1ccc(Cl)cc1. The first kappa shape index (κ1) is 15.1. The topological polar surface area (TPSA) is 66.6 Å². The van der Waals surface area contributed by atoms with E-state index in [9.17, 15) is 4.79 Å². The summed E-state index contributed by atoms with van der Waals surface area (Å²) in [6.07, 6.45) is 3.14. The third-order valence-corrected chi connectivity index (χ3v) is 3.71. The molecule has 0 radical (unpaired) electrons. The van der Waals surface area contributed by atoms with Gasteiger partial charge in [0.15, 0.2) is 0 Å². The molecule has 0 unspecified atom stereocenters. The largest absolute Gasteiger partial charge is 0.411 e. The van der Waals surface area contributed by atoms with Crippen molar-refractivity contribution in [3.05, 3.63) is 65.3 Å². The Morgan fingerprint density at radius 3 is 2.70 bits per heavy atom. The summed E-state index contributed by atoms with van der Waals surface area (Å²) in [5, 5.41) is 16.2.